The minimum atomic E-state index is -0.487. The van der Waals surface area contributed by atoms with Gasteiger partial charge in [-0.3, -0.25) is 0 Å². The molecule has 0 spiro atoms. The largest absolute Gasteiger partial charge is 0.450 e. The van der Waals surface area contributed by atoms with Crippen molar-refractivity contribution in [3.05, 3.63) is 69.5 Å². The molecule has 3 nitrogen and oxygen atoms in total. The average Bonchev–Trinajstić information content (AvgIpc) is 2.41. The third-order valence-corrected chi connectivity index (χ3v) is 3.13. The van der Waals surface area contributed by atoms with Gasteiger partial charge in [0.1, 0.15) is 11.3 Å². The van der Waals surface area contributed by atoms with Crippen molar-refractivity contribution in [1.29, 1.82) is 0 Å². The summed E-state index contributed by atoms with van der Waals surface area (Å²) < 4.78 is 11.7. The molecule has 3 aromatic rings. The van der Waals surface area contributed by atoms with E-state index in [1.54, 1.807) is 24.3 Å². The van der Waals surface area contributed by atoms with Gasteiger partial charge in [0.05, 0.1) is 0 Å². The minimum absolute atomic E-state index is 0.178. The van der Waals surface area contributed by atoms with Gasteiger partial charge in [-0.15, -0.1) is 0 Å². The highest BCUT2D eigenvalue weighted by atomic mass is 79.9. The number of benzene rings is 2. The van der Waals surface area contributed by atoms with Gasteiger partial charge in [0.15, 0.2) is 0 Å². The summed E-state index contributed by atoms with van der Waals surface area (Å²) in [6.07, 6.45) is 0. The van der Waals surface area contributed by atoms with E-state index in [0.717, 1.165) is 9.86 Å². The summed E-state index contributed by atoms with van der Waals surface area (Å²) in [5, 5.41) is 0.805. The third-order valence-electron chi connectivity index (χ3n) is 2.63. The lowest BCUT2D eigenvalue weighted by Gasteiger charge is -2.05. The Morgan fingerprint density at radius 1 is 1.00 bits per heavy atom. The van der Waals surface area contributed by atoms with E-state index in [1.807, 2.05) is 30.3 Å². The highest BCUT2D eigenvalue weighted by molar-refractivity contribution is 9.10. The van der Waals surface area contributed by atoms with E-state index in [9.17, 15) is 4.79 Å². The molecule has 0 fully saturated rings. The van der Waals surface area contributed by atoms with Crippen LogP contribution in [0, 0.1) is 0 Å². The average molecular weight is 317 g/mol. The van der Waals surface area contributed by atoms with Crippen molar-refractivity contribution in [2.45, 2.75) is 0 Å². The maximum atomic E-state index is 11.8. The van der Waals surface area contributed by atoms with Gasteiger partial charge < -0.3 is 9.15 Å². The van der Waals surface area contributed by atoms with E-state index in [-0.39, 0.29) is 5.75 Å². The van der Waals surface area contributed by atoms with Crippen molar-refractivity contribution in [2.75, 3.05) is 0 Å². The normalized spacial score (nSPS) is 10.6. The molecule has 1 heterocycles. The van der Waals surface area contributed by atoms with Gasteiger partial charge in [-0.2, -0.15) is 0 Å². The molecule has 0 N–H and O–H groups in total. The van der Waals surface area contributed by atoms with Crippen LogP contribution >= 0.6 is 15.9 Å². The monoisotopic (exact) mass is 316 g/mol. The summed E-state index contributed by atoms with van der Waals surface area (Å²) in [6.45, 7) is 0. The highest BCUT2D eigenvalue weighted by Crippen LogP contribution is 2.24. The van der Waals surface area contributed by atoms with Crippen molar-refractivity contribution < 1.29 is 9.15 Å². The number of ether oxygens (including phenoxy) is 1. The molecule has 0 saturated carbocycles. The van der Waals surface area contributed by atoms with E-state index in [4.69, 9.17) is 9.15 Å². The molecule has 0 aliphatic carbocycles. The molecule has 0 amide bonds. The van der Waals surface area contributed by atoms with Gasteiger partial charge >= 0.3 is 5.63 Å². The lowest BCUT2D eigenvalue weighted by molar-refractivity contribution is 0.437. The van der Waals surface area contributed by atoms with Crippen LogP contribution in [0.4, 0.5) is 0 Å². The van der Waals surface area contributed by atoms with Crippen molar-refractivity contribution in [3.63, 3.8) is 0 Å². The molecule has 0 aliphatic rings. The standard InChI is InChI=1S/C15H9BrO3/c16-11-6-7-13-10(8-11)9-14(15(17)19-13)18-12-4-2-1-3-5-12/h1-9H. The summed E-state index contributed by atoms with van der Waals surface area (Å²) in [5.41, 5.74) is 0.0484. The number of fused-ring (bicyclic) bond motifs is 1. The summed E-state index contributed by atoms with van der Waals surface area (Å²) in [6, 6.07) is 16.2. The first kappa shape index (κ1) is 12.0. The zero-order chi connectivity index (χ0) is 13.2. The molecule has 19 heavy (non-hydrogen) atoms. The Morgan fingerprint density at radius 2 is 1.79 bits per heavy atom. The molecule has 0 radical (unpaired) electrons. The second-order valence-corrected chi connectivity index (χ2v) is 4.91. The van der Waals surface area contributed by atoms with Crippen molar-refractivity contribution >= 4 is 26.9 Å². The summed E-state index contributed by atoms with van der Waals surface area (Å²) in [5.74, 6) is 0.779. The predicted octanol–water partition coefficient (Wildman–Crippen LogP) is 4.35. The Balaban J connectivity index is 2.08. The summed E-state index contributed by atoms with van der Waals surface area (Å²) >= 11 is 3.38. The van der Waals surface area contributed by atoms with Crippen LogP contribution in [0.2, 0.25) is 0 Å². The Bertz CT molecular complexity index is 778. The molecule has 1 aromatic heterocycles. The first-order chi connectivity index (χ1) is 9.22. The lowest BCUT2D eigenvalue weighted by Crippen LogP contribution is -2.02. The van der Waals surface area contributed by atoms with Crippen molar-refractivity contribution in [2.24, 2.45) is 0 Å². The smallest absolute Gasteiger partial charge is 0.379 e. The van der Waals surface area contributed by atoms with Gasteiger partial charge in [0, 0.05) is 9.86 Å². The zero-order valence-electron chi connectivity index (χ0n) is 9.80. The molecule has 0 bridgehead atoms. The fraction of sp³-hybridized carbons (Fsp3) is 0. The number of halogens is 1. The van der Waals surface area contributed by atoms with Crippen LogP contribution in [-0.2, 0) is 0 Å². The zero-order valence-corrected chi connectivity index (χ0v) is 11.4. The molecular formula is C15H9BrO3. The van der Waals surface area contributed by atoms with Gasteiger partial charge in [-0.25, -0.2) is 4.79 Å². The van der Waals surface area contributed by atoms with Crippen molar-refractivity contribution in [3.8, 4) is 11.5 Å². The molecular weight excluding hydrogens is 308 g/mol. The molecule has 0 saturated heterocycles. The Kier molecular flexibility index (Phi) is 3.09. The molecule has 2 aromatic carbocycles. The molecule has 4 heteroatoms. The van der Waals surface area contributed by atoms with Crippen LogP contribution in [-0.4, -0.2) is 0 Å². The maximum absolute atomic E-state index is 11.8. The van der Waals surface area contributed by atoms with E-state index in [0.29, 0.717) is 11.3 Å². The third kappa shape index (κ3) is 2.53. The number of hydrogen-bond acceptors (Lipinski definition) is 3. The molecule has 94 valence electrons. The summed E-state index contributed by atoms with van der Waals surface area (Å²) in [4.78, 5) is 11.8. The maximum Gasteiger partial charge on any atom is 0.379 e. The van der Waals surface area contributed by atoms with E-state index in [1.165, 1.54) is 0 Å². The second-order valence-electron chi connectivity index (χ2n) is 4.00. The van der Waals surface area contributed by atoms with Crippen LogP contribution in [0.25, 0.3) is 11.0 Å². The van der Waals surface area contributed by atoms with Gasteiger partial charge in [0.25, 0.3) is 0 Å². The van der Waals surface area contributed by atoms with Gasteiger partial charge in [0.2, 0.25) is 5.75 Å². The van der Waals surface area contributed by atoms with E-state index in [2.05, 4.69) is 15.9 Å². The van der Waals surface area contributed by atoms with E-state index < -0.39 is 5.63 Å². The van der Waals surface area contributed by atoms with Crippen LogP contribution in [0.1, 0.15) is 0 Å². The summed E-state index contributed by atoms with van der Waals surface area (Å²) in [7, 11) is 0. The minimum Gasteiger partial charge on any atom is -0.450 e. The molecule has 3 rings (SSSR count). The molecule has 0 aliphatic heterocycles. The molecule has 0 atom stereocenters. The van der Waals surface area contributed by atoms with Crippen molar-refractivity contribution in [1.82, 2.24) is 0 Å². The first-order valence-corrected chi connectivity index (χ1v) is 6.48. The second kappa shape index (κ2) is 4.90. The number of rotatable bonds is 2. The van der Waals surface area contributed by atoms with Crippen LogP contribution < -0.4 is 10.4 Å². The lowest BCUT2D eigenvalue weighted by atomic mass is 10.2. The highest BCUT2D eigenvalue weighted by Gasteiger charge is 2.07. The van der Waals surface area contributed by atoms with Crippen LogP contribution in [0.3, 0.4) is 0 Å². The van der Waals surface area contributed by atoms with Crippen LogP contribution in [0.15, 0.2) is 68.3 Å². The number of para-hydroxylation sites is 1. The van der Waals surface area contributed by atoms with E-state index >= 15 is 0 Å². The Morgan fingerprint density at radius 3 is 2.58 bits per heavy atom. The first-order valence-electron chi connectivity index (χ1n) is 5.69. The number of hydrogen-bond donors (Lipinski definition) is 0. The predicted molar refractivity (Wildman–Crippen MR) is 76.7 cm³/mol. The SMILES string of the molecule is O=c1oc2ccc(Br)cc2cc1Oc1ccccc1. The fourth-order valence-electron chi connectivity index (χ4n) is 1.76. The topological polar surface area (TPSA) is 39.4 Å². The van der Waals surface area contributed by atoms with Crippen LogP contribution in [0.5, 0.6) is 11.5 Å². The Labute approximate surface area is 117 Å². The quantitative estimate of drug-likeness (QED) is 0.660. The molecule has 0 unspecified atom stereocenters. The van der Waals surface area contributed by atoms with Gasteiger partial charge in [-0.1, -0.05) is 34.1 Å². The Hall–Kier alpha value is -2.07. The fourth-order valence-corrected chi connectivity index (χ4v) is 2.14. The van der Waals surface area contributed by atoms with Gasteiger partial charge in [-0.05, 0) is 36.4 Å².